The molecule has 1 heterocycles. The second-order valence-corrected chi connectivity index (χ2v) is 3.75. The molecular formula is C10H18N2O2. The average molecular weight is 198 g/mol. The van der Waals surface area contributed by atoms with Gasteiger partial charge in [-0.05, 0) is 13.5 Å². The molecule has 0 bridgehead atoms. The first-order chi connectivity index (χ1) is 6.59. The third-order valence-corrected chi connectivity index (χ3v) is 2.58. The number of carbonyl (C=O) groups is 1. The fraction of sp³-hybridized carbons (Fsp3) is 0.700. The maximum absolute atomic E-state index is 10.4. The standard InChI is InChI=1S/C10H18N2O2/c1-9(3-4-10(13)14)12-7-5-11(2)6-8-12/h1,3-8H2,2H3,(H,13,14). The van der Waals surface area contributed by atoms with Crippen LogP contribution in [0.25, 0.3) is 0 Å². The largest absolute Gasteiger partial charge is 0.481 e. The Hall–Kier alpha value is -1.03. The molecule has 0 radical (unpaired) electrons. The number of hydrogen-bond donors (Lipinski definition) is 1. The lowest BCUT2D eigenvalue weighted by Gasteiger charge is -2.35. The highest BCUT2D eigenvalue weighted by molar-refractivity contribution is 5.66. The fourth-order valence-corrected chi connectivity index (χ4v) is 1.53. The van der Waals surface area contributed by atoms with Crippen molar-refractivity contribution in [3.63, 3.8) is 0 Å². The second-order valence-electron chi connectivity index (χ2n) is 3.75. The van der Waals surface area contributed by atoms with E-state index >= 15 is 0 Å². The lowest BCUT2D eigenvalue weighted by atomic mass is 10.2. The van der Waals surface area contributed by atoms with Crippen LogP contribution < -0.4 is 0 Å². The zero-order valence-electron chi connectivity index (χ0n) is 8.70. The van der Waals surface area contributed by atoms with Crippen LogP contribution in [0.5, 0.6) is 0 Å². The first-order valence-electron chi connectivity index (χ1n) is 4.92. The Kier molecular flexibility index (Phi) is 3.95. The van der Waals surface area contributed by atoms with Crippen molar-refractivity contribution in [2.45, 2.75) is 12.8 Å². The van der Waals surface area contributed by atoms with Crippen LogP contribution in [0.1, 0.15) is 12.8 Å². The molecule has 1 N–H and O–H groups in total. The van der Waals surface area contributed by atoms with Crippen LogP contribution in [-0.2, 0) is 4.79 Å². The van der Waals surface area contributed by atoms with Gasteiger partial charge in [0.2, 0.25) is 0 Å². The van der Waals surface area contributed by atoms with Gasteiger partial charge < -0.3 is 14.9 Å². The Morgan fingerprint density at radius 1 is 1.29 bits per heavy atom. The second kappa shape index (κ2) is 5.00. The molecule has 0 unspecified atom stereocenters. The molecule has 0 aromatic carbocycles. The van der Waals surface area contributed by atoms with E-state index in [2.05, 4.69) is 23.4 Å². The van der Waals surface area contributed by atoms with Crippen molar-refractivity contribution in [2.75, 3.05) is 33.2 Å². The molecule has 1 fully saturated rings. The SMILES string of the molecule is C=C(CCC(=O)O)N1CCN(C)CC1. The molecule has 1 aliphatic heterocycles. The van der Waals surface area contributed by atoms with Crippen molar-refractivity contribution in [3.05, 3.63) is 12.3 Å². The molecule has 14 heavy (non-hydrogen) atoms. The molecule has 4 nitrogen and oxygen atoms in total. The first-order valence-corrected chi connectivity index (χ1v) is 4.92. The molecule has 1 rings (SSSR count). The van der Waals surface area contributed by atoms with Gasteiger partial charge in [-0.2, -0.15) is 0 Å². The van der Waals surface area contributed by atoms with Gasteiger partial charge in [0, 0.05) is 31.9 Å². The van der Waals surface area contributed by atoms with Crippen LogP contribution in [0.2, 0.25) is 0 Å². The van der Waals surface area contributed by atoms with Crippen molar-refractivity contribution in [1.82, 2.24) is 9.80 Å². The van der Waals surface area contributed by atoms with E-state index in [-0.39, 0.29) is 6.42 Å². The van der Waals surface area contributed by atoms with Crippen LogP contribution in [0, 0.1) is 0 Å². The highest BCUT2D eigenvalue weighted by atomic mass is 16.4. The molecule has 1 saturated heterocycles. The van der Waals surface area contributed by atoms with Crippen LogP contribution in [0.3, 0.4) is 0 Å². The van der Waals surface area contributed by atoms with Gasteiger partial charge in [0.15, 0.2) is 0 Å². The Balaban J connectivity index is 2.27. The maximum Gasteiger partial charge on any atom is 0.303 e. The van der Waals surface area contributed by atoms with E-state index in [1.165, 1.54) is 0 Å². The average Bonchev–Trinajstić information content (AvgIpc) is 2.15. The van der Waals surface area contributed by atoms with Gasteiger partial charge in [0.1, 0.15) is 0 Å². The predicted octanol–water partition coefficient (Wildman–Crippen LogP) is 0.612. The highest BCUT2D eigenvalue weighted by Gasteiger charge is 2.15. The van der Waals surface area contributed by atoms with Crippen LogP contribution in [0.4, 0.5) is 0 Å². The van der Waals surface area contributed by atoms with Crippen molar-refractivity contribution in [1.29, 1.82) is 0 Å². The zero-order valence-corrected chi connectivity index (χ0v) is 8.70. The minimum absolute atomic E-state index is 0.186. The lowest BCUT2D eigenvalue weighted by molar-refractivity contribution is -0.137. The molecule has 80 valence electrons. The quantitative estimate of drug-likeness (QED) is 0.719. The van der Waals surface area contributed by atoms with E-state index in [1.54, 1.807) is 0 Å². The van der Waals surface area contributed by atoms with E-state index in [4.69, 9.17) is 5.11 Å². The molecule has 0 amide bonds. The maximum atomic E-state index is 10.4. The summed E-state index contributed by atoms with van der Waals surface area (Å²) < 4.78 is 0. The topological polar surface area (TPSA) is 43.8 Å². The van der Waals surface area contributed by atoms with Crippen molar-refractivity contribution >= 4 is 5.97 Å². The highest BCUT2D eigenvalue weighted by Crippen LogP contribution is 2.11. The summed E-state index contributed by atoms with van der Waals surface area (Å²) in [5.74, 6) is -0.750. The molecule has 0 saturated carbocycles. The molecule has 0 aliphatic carbocycles. The number of allylic oxidation sites excluding steroid dienone is 1. The number of likely N-dealkylation sites (N-methyl/N-ethyl adjacent to an activating group) is 1. The van der Waals surface area contributed by atoms with Crippen LogP contribution in [0.15, 0.2) is 12.3 Å². The van der Waals surface area contributed by atoms with Crippen LogP contribution >= 0.6 is 0 Å². The Labute approximate surface area is 84.8 Å². The molecule has 0 atom stereocenters. The summed E-state index contributed by atoms with van der Waals surface area (Å²) in [6.45, 7) is 7.92. The number of piperazine rings is 1. The molecule has 0 aromatic rings. The summed E-state index contributed by atoms with van der Waals surface area (Å²) in [5, 5.41) is 8.53. The van der Waals surface area contributed by atoms with Crippen molar-refractivity contribution in [3.8, 4) is 0 Å². The van der Waals surface area contributed by atoms with E-state index < -0.39 is 5.97 Å². The third-order valence-electron chi connectivity index (χ3n) is 2.58. The van der Waals surface area contributed by atoms with Gasteiger partial charge in [0.25, 0.3) is 0 Å². The summed E-state index contributed by atoms with van der Waals surface area (Å²) in [4.78, 5) is 14.8. The van der Waals surface area contributed by atoms with Gasteiger partial charge in [-0.1, -0.05) is 6.58 Å². The molecular weight excluding hydrogens is 180 g/mol. The fourth-order valence-electron chi connectivity index (χ4n) is 1.53. The van der Waals surface area contributed by atoms with E-state index in [0.29, 0.717) is 6.42 Å². The predicted molar refractivity (Wildman–Crippen MR) is 55.1 cm³/mol. The molecule has 1 aliphatic rings. The number of carboxylic acid groups (broad SMARTS) is 1. The summed E-state index contributed by atoms with van der Waals surface area (Å²) in [6, 6.07) is 0. The van der Waals surface area contributed by atoms with Gasteiger partial charge in [0.05, 0.1) is 6.42 Å². The number of rotatable bonds is 4. The third kappa shape index (κ3) is 3.38. The van der Waals surface area contributed by atoms with E-state index in [1.807, 2.05) is 0 Å². The Bertz CT molecular complexity index is 220. The number of hydrogen-bond acceptors (Lipinski definition) is 3. The van der Waals surface area contributed by atoms with Gasteiger partial charge in [-0.3, -0.25) is 4.79 Å². The molecule has 0 aromatic heterocycles. The minimum Gasteiger partial charge on any atom is -0.481 e. The summed E-state index contributed by atoms with van der Waals surface area (Å²) in [7, 11) is 2.09. The Morgan fingerprint density at radius 2 is 1.86 bits per heavy atom. The van der Waals surface area contributed by atoms with E-state index in [9.17, 15) is 4.79 Å². The first kappa shape index (κ1) is 11.0. The normalized spacial score (nSPS) is 18.2. The van der Waals surface area contributed by atoms with Crippen LogP contribution in [-0.4, -0.2) is 54.1 Å². The summed E-state index contributed by atoms with van der Waals surface area (Å²) >= 11 is 0. The van der Waals surface area contributed by atoms with Gasteiger partial charge in [-0.15, -0.1) is 0 Å². The number of nitrogens with zero attached hydrogens (tertiary/aromatic N) is 2. The summed E-state index contributed by atoms with van der Waals surface area (Å²) in [5.41, 5.74) is 0.959. The number of carboxylic acids is 1. The Morgan fingerprint density at radius 3 is 2.36 bits per heavy atom. The number of aliphatic carboxylic acids is 1. The van der Waals surface area contributed by atoms with Crippen molar-refractivity contribution < 1.29 is 9.90 Å². The monoisotopic (exact) mass is 198 g/mol. The smallest absolute Gasteiger partial charge is 0.303 e. The minimum atomic E-state index is -0.750. The lowest BCUT2D eigenvalue weighted by Crippen LogP contribution is -2.43. The van der Waals surface area contributed by atoms with Crippen molar-refractivity contribution in [2.24, 2.45) is 0 Å². The zero-order chi connectivity index (χ0) is 10.6. The van der Waals surface area contributed by atoms with Gasteiger partial charge in [-0.25, -0.2) is 0 Å². The molecule has 0 spiro atoms. The molecule has 4 heteroatoms. The summed E-state index contributed by atoms with van der Waals surface area (Å²) in [6.07, 6.45) is 0.754. The van der Waals surface area contributed by atoms with Gasteiger partial charge >= 0.3 is 5.97 Å². The van der Waals surface area contributed by atoms with E-state index in [0.717, 1.165) is 31.9 Å².